The van der Waals surface area contributed by atoms with Gasteiger partial charge < -0.3 is 4.79 Å². The maximum Gasteiger partial charge on any atom is 0.188 e. The number of carbonyl (C=O) groups is 2. The summed E-state index contributed by atoms with van der Waals surface area (Å²) in [6, 6.07) is 0. The molecular weight excluding hydrogens is 264 g/mol. The Hall–Kier alpha value is 0.0400. The SMILES string of the molecule is CSCCCCCCSC(=O)CCCCC(C)=O. The Morgan fingerprint density at radius 3 is 2.06 bits per heavy atom. The largest absolute Gasteiger partial charge is 0.300 e. The lowest BCUT2D eigenvalue weighted by molar-refractivity contribution is -0.117. The standard InChI is InChI=1S/C14H26O2S2/c1-13(15)9-5-6-10-14(16)18-12-8-4-3-7-11-17-2/h3-12H2,1-2H3. The Balaban J connectivity index is 3.19. The second-order valence-corrected chi connectivity index (χ2v) is 6.67. The van der Waals surface area contributed by atoms with Crippen LogP contribution < -0.4 is 0 Å². The lowest BCUT2D eigenvalue weighted by atomic mass is 10.1. The summed E-state index contributed by atoms with van der Waals surface area (Å²) in [6.07, 6.45) is 10.1. The summed E-state index contributed by atoms with van der Waals surface area (Å²) in [6.45, 7) is 1.60. The van der Waals surface area contributed by atoms with Crippen molar-refractivity contribution in [3.05, 3.63) is 0 Å². The molecule has 0 spiro atoms. The first kappa shape index (κ1) is 18.0. The van der Waals surface area contributed by atoms with E-state index in [1.165, 1.54) is 36.8 Å². The van der Waals surface area contributed by atoms with E-state index in [1.807, 2.05) is 11.8 Å². The van der Waals surface area contributed by atoms with Gasteiger partial charge >= 0.3 is 0 Å². The smallest absolute Gasteiger partial charge is 0.188 e. The first-order valence-electron chi connectivity index (χ1n) is 6.81. The highest BCUT2D eigenvalue weighted by Crippen LogP contribution is 2.13. The van der Waals surface area contributed by atoms with Crippen LogP contribution in [0.5, 0.6) is 0 Å². The molecule has 0 amide bonds. The second-order valence-electron chi connectivity index (χ2n) is 4.54. The van der Waals surface area contributed by atoms with Gasteiger partial charge in [0.05, 0.1) is 0 Å². The van der Waals surface area contributed by atoms with Crippen LogP contribution in [-0.2, 0) is 9.59 Å². The molecular formula is C14H26O2S2. The third-order valence-corrected chi connectivity index (χ3v) is 4.38. The molecule has 18 heavy (non-hydrogen) atoms. The minimum absolute atomic E-state index is 0.223. The van der Waals surface area contributed by atoms with Gasteiger partial charge in [0.15, 0.2) is 5.12 Å². The van der Waals surface area contributed by atoms with Crippen molar-refractivity contribution in [1.82, 2.24) is 0 Å². The Labute approximate surface area is 120 Å². The van der Waals surface area contributed by atoms with E-state index in [-0.39, 0.29) is 5.78 Å². The molecule has 0 aliphatic heterocycles. The van der Waals surface area contributed by atoms with Gasteiger partial charge in [0.25, 0.3) is 0 Å². The molecule has 0 bridgehead atoms. The van der Waals surface area contributed by atoms with E-state index in [0.717, 1.165) is 25.0 Å². The molecule has 106 valence electrons. The van der Waals surface area contributed by atoms with E-state index >= 15 is 0 Å². The zero-order chi connectivity index (χ0) is 13.6. The molecule has 0 saturated heterocycles. The number of ketones is 1. The van der Waals surface area contributed by atoms with E-state index in [9.17, 15) is 9.59 Å². The normalized spacial score (nSPS) is 10.6. The summed E-state index contributed by atoms with van der Waals surface area (Å²) in [7, 11) is 0. The van der Waals surface area contributed by atoms with Crippen molar-refractivity contribution in [2.45, 2.75) is 58.3 Å². The molecule has 0 unspecified atom stereocenters. The number of hydrogen-bond donors (Lipinski definition) is 0. The van der Waals surface area contributed by atoms with Gasteiger partial charge in [-0.1, -0.05) is 24.6 Å². The molecule has 4 heteroatoms. The van der Waals surface area contributed by atoms with Crippen molar-refractivity contribution in [3.8, 4) is 0 Å². The maximum atomic E-state index is 11.5. The molecule has 0 aliphatic carbocycles. The predicted octanol–water partition coefficient (Wildman–Crippen LogP) is 4.32. The van der Waals surface area contributed by atoms with Crippen molar-refractivity contribution < 1.29 is 9.59 Å². The molecule has 0 atom stereocenters. The fourth-order valence-corrected chi connectivity index (χ4v) is 2.96. The van der Waals surface area contributed by atoms with Gasteiger partial charge in [0.2, 0.25) is 0 Å². The lowest BCUT2D eigenvalue weighted by Gasteiger charge is -2.01. The summed E-state index contributed by atoms with van der Waals surface area (Å²) >= 11 is 3.37. The molecule has 0 fully saturated rings. The number of hydrogen-bond acceptors (Lipinski definition) is 4. The van der Waals surface area contributed by atoms with Crippen molar-refractivity contribution in [1.29, 1.82) is 0 Å². The van der Waals surface area contributed by atoms with Crippen molar-refractivity contribution in [3.63, 3.8) is 0 Å². The summed E-state index contributed by atoms with van der Waals surface area (Å²) < 4.78 is 0. The van der Waals surface area contributed by atoms with E-state index in [4.69, 9.17) is 0 Å². The van der Waals surface area contributed by atoms with Crippen molar-refractivity contribution in [2.24, 2.45) is 0 Å². The summed E-state index contributed by atoms with van der Waals surface area (Å²) in [5.41, 5.74) is 0. The Bertz CT molecular complexity index is 230. The van der Waals surface area contributed by atoms with Crippen LogP contribution in [0.15, 0.2) is 0 Å². The van der Waals surface area contributed by atoms with E-state index in [0.29, 0.717) is 18.0 Å². The van der Waals surface area contributed by atoms with E-state index in [1.54, 1.807) is 6.92 Å². The molecule has 0 N–H and O–H groups in total. The summed E-state index contributed by atoms with van der Waals surface area (Å²) in [5, 5.41) is 0.294. The van der Waals surface area contributed by atoms with Crippen LogP contribution in [0.3, 0.4) is 0 Å². The van der Waals surface area contributed by atoms with Crippen LogP contribution in [0.2, 0.25) is 0 Å². The highest BCUT2D eigenvalue weighted by molar-refractivity contribution is 8.13. The highest BCUT2D eigenvalue weighted by Gasteiger charge is 2.03. The van der Waals surface area contributed by atoms with Gasteiger partial charge in [-0.15, -0.1) is 0 Å². The minimum Gasteiger partial charge on any atom is -0.300 e. The zero-order valence-corrected chi connectivity index (χ0v) is 13.3. The summed E-state index contributed by atoms with van der Waals surface area (Å²) in [4.78, 5) is 22.2. The molecule has 0 saturated carbocycles. The van der Waals surface area contributed by atoms with Crippen LogP contribution in [0.4, 0.5) is 0 Å². The van der Waals surface area contributed by atoms with Gasteiger partial charge in [-0.05, 0) is 44.6 Å². The van der Waals surface area contributed by atoms with Crippen LogP contribution >= 0.6 is 23.5 Å². The van der Waals surface area contributed by atoms with Crippen molar-refractivity contribution in [2.75, 3.05) is 17.8 Å². The maximum absolute atomic E-state index is 11.5. The molecule has 0 aromatic carbocycles. The zero-order valence-electron chi connectivity index (χ0n) is 11.7. The number of unbranched alkanes of at least 4 members (excludes halogenated alkanes) is 4. The molecule has 0 radical (unpaired) electrons. The van der Waals surface area contributed by atoms with Gasteiger partial charge in [0.1, 0.15) is 5.78 Å². The van der Waals surface area contributed by atoms with E-state index < -0.39 is 0 Å². The Kier molecular flexibility index (Phi) is 13.5. The number of thioether (sulfide) groups is 2. The van der Waals surface area contributed by atoms with Crippen LogP contribution in [0.25, 0.3) is 0 Å². The topological polar surface area (TPSA) is 34.1 Å². The first-order valence-corrected chi connectivity index (χ1v) is 9.18. The molecule has 2 nitrogen and oxygen atoms in total. The van der Waals surface area contributed by atoms with Gasteiger partial charge in [-0.25, -0.2) is 0 Å². The fourth-order valence-electron chi connectivity index (χ4n) is 1.60. The number of carbonyl (C=O) groups excluding carboxylic acids is 2. The van der Waals surface area contributed by atoms with Crippen LogP contribution in [0.1, 0.15) is 58.3 Å². The number of Topliss-reactive ketones (excluding diaryl/α,β-unsaturated/α-hetero) is 1. The molecule has 0 rings (SSSR count). The fraction of sp³-hybridized carbons (Fsp3) is 0.857. The van der Waals surface area contributed by atoms with Gasteiger partial charge in [-0.2, -0.15) is 11.8 Å². The highest BCUT2D eigenvalue weighted by atomic mass is 32.2. The van der Waals surface area contributed by atoms with Crippen molar-refractivity contribution >= 4 is 34.4 Å². The average Bonchev–Trinajstić information content (AvgIpc) is 2.33. The quantitative estimate of drug-likeness (QED) is 0.501. The average molecular weight is 290 g/mol. The molecule has 0 aromatic rings. The molecule has 0 heterocycles. The second kappa shape index (κ2) is 13.5. The molecule has 0 aliphatic rings. The summed E-state index contributed by atoms with van der Waals surface area (Å²) in [5.74, 6) is 2.44. The number of rotatable bonds is 12. The predicted molar refractivity (Wildman–Crippen MR) is 83.5 cm³/mol. The molecule has 0 aromatic heterocycles. The monoisotopic (exact) mass is 290 g/mol. The van der Waals surface area contributed by atoms with Gasteiger partial charge in [-0.3, -0.25) is 4.79 Å². The van der Waals surface area contributed by atoms with Crippen LogP contribution in [-0.4, -0.2) is 28.7 Å². The van der Waals surface area contributed by atoms with Gasteiger partial charge in [0, 0.05) is 18.6 Å². The first-order chi connectivity index (χ1) is 8.66. The third-order valence-electron chi connectivity index (χ3n) is 2.67. The Morgan fingerprint density at radius 1 is 0.833 bits per heavy atom. The van der Waals surface area contributed by atoms with E-state index in [2.05, 4.69) is 6.26 Å². The minimum atomic E-state index is 0.223. The third kappa shape index (κ3) is 14.1. The lowest BCUT2D eigenvalue weighted by Crippen LogP contribution is -1.96. The Morgan fingerprint density at radius 2 is 1.44 bits per heavy atom. The van der Waals surface area contributed by atoms with Crippen LogP contribution in [0, 0.1) is 0 Å².